The minimum Gasteiger partial charge on any atom is -0.756 e. The van der Waals surface area contributed by atoms with E-state index < -0.39 is 69.0 Å². The zero-order valence-corrected chi connectivity index (χ0v) is 24.7. The van der Waals surface area contributed by atoms with Crippen molar-refractivity contribution in [3.63, 3.8) is 0 Å². The van der Waals surface area contributed by atoms with Crippen LogP contribution in [0.2, 0.25) is 0 Å². The summed E-state index contributed by atoms with van der Waals surface area (Å²) in [4.78, 5) is 57.3. The van der Waals surface area contributed by atoms with Crippen LogP contribution in [0.1, 0.15) is 25.3 Å². The van der Waals surface area contributed by atoms with Gasteiger partial charge in [-0.25, -0.2) is 4.98 Å². The summed E-state index contributed by atoms with van der Waals surface area (Å²) < 4.78 is 37.0. The molecule has 4 aromatic rings. The molecule has 0 spiro atoms. The maximum Gasteiger partial charge on any atom is 1.00 e. The number of aliphatic hydroxyl groups is 2. The van der Waals surface area contributed by atoms with E-state index in [0.717, 1.165) is 0 Å². The van der Waals surface area contributed by atoms with Crippen molar-refractivity contribution in [3.05, 3.63) is 33.4 Å². The van der Waals surface area contributed by atoms with E-state index in [1.807, 2.05) is 0 Å². The van der Waals surface area contributed by atoms with Crippen molar-refractivity contribution in [3.8, 4) is 0 Å². The van der Waals surface area contributed by atoms with E-state index >= 15 is 0 Å². The Kier molecular flexibility index (Phi) is 8.58. The molecule has 20 nitrogen and oxygen atoms in total. The zero-order chi connectivity index (χ0) is 29.1. The summed E-state index contributed by atoms with van der Waals surface area (Å²) in [6.07, 6.45) is -2.55. The first-order chi connectivity index (χ1) is 19.5. The van der Waals surface area contributed by atoms with E-state index in [2.05, 4.69) is 36.2 Å². The summed E-state index contributed by atoms with van der Waals surface area (Å²) in [5.74, 6) is -0.312. The summed E-state index contributed by atoms with van der Waals surface area (Å²) in [5, 5.41) is 20.2. The monoisotopic (exact) mass is 617 g/mol. The van der Waals surface area contributed by atoms with E-state index in [0.29, 0.717) is 0 Å². The molecule has 4 aromatic heterocycles. The molecule has 2 aliphatic heterocycles. The van der Waals surface area contributed by atoms with Gasteiger partial charge in [-0.1, -0.05) is 0 Å². The van der Waals surface area contributed by atoms with Crippen LogP contribution in [0, 0.1) is 6.33 Å². The molecule has 2 saturated heterocycles. The Bertz CT molecular complexity index is 1780. The van der Waals surface area contributed by atoms with Crippen molar-refractivity contribution >= 4 is 42.0 Å². The van der Waals surface area contributed by atoms with Crippen molar-refractivity contribution in [1.82, 2.24) is 39.0 Å². The predicted molar refractivity (Wildman–Crippen MR) is 133 cm³/mol. The van der Waals surface area contributed by atoms with Crippen LogP contribution in [-0.4, -0.2) is 86.9 Å². The van der Waals surface area contributed by atoms with Crippen LogP contribution in [0.15, 0.2) is 15.9 Å². The summed E-state index contributed by atoms with van der Waals surface area (Å²) in [5.41, 5.74) is 10.2. The standard InChI is InChI=1S/C20H24N10O10P.Na/c21-19-25-15-13(17(33)27-19)23-5-29(15)11-1-7(32)10(39-11)4-37-41(35,36)40-8-2-12(38-9(8)3-31)30-6-24-14-16(30)26-20(22)28-18(14)34;/h5,7-12,31-32H,1-4H2,(H,35,36)(H3,21,25,27,33)(H3,22,26,28,34);/q-1;+1/p-1/t7-,8+,9-,10+,11+,12+;/m0./s1. The van der Waals surface area contributed by atoms with Gasteiger partial charge >= 0.3 is 29.6 Å². The minimum absolute atomic E-state index is 0. The fraction of sp³-hybridized carbons (Fsp3) is 0.500. The Balaban J connectivity index is 0.00000353. The average molecular weight is 617 g/mol. The van der Waals surface area contributed by atoms with Crippen LogP contribution in [-0.2, 0) is 23.1 Å². The van der Waals surface area contributed by atoms with Gasteiger partial charge in [0.2, 0.25) is 11.5 Å². The van der Waals surface area contributed by atoms with Crippen LogP contribution in [0.5, 0.6) is 0 Å². The van der Waals surface area contributed by atoms with Crippen LogP contribution < -0.4 is 57.0 Å². The average Bonchev–Trinajstić information content (AvgIpc) is 3.67. The van der Waals surface area contributed by atoms with Gasteiger partial charge < -0.3 is 59.6 Å². The van der Waals surface area contributed by atoms with Gasteiger partial charge in [-0.05, 0) is 0 Å². The van der Waals surface area contributed by atoms with E-state index in [1.54, 1.807) is 0 Å². The van der Waals surface area contributed by atoms with Crippen molar-refractivity contribution in [2.24, 2.45) is 0 Å². The van der Waals surface area contributed by atoms with Crippen molar-refractivity contribution in [2.45, 2.75) is 49.7 Å². The molecular weight excluding hydrogens is 594 g/mol. The van der Waals surface area contributed by atoms with Crippen LogP contribution in [0.4, 0.5) is 11.9 Å². The molecule has 22 heteroatoms. The second kappa shape index (κ2) is 11.7. The Labute approximate surface area is 255 Å². The number of aromatic nitrogens is 8. The number of anilines is 2. The van der Waals surface area contributed by atoms with E-state index in [1.165, 1.54) is 15.5 Å². The largest absolute Gasteiger partial charge is 1.00 e. The number of hydrogen-bond acceptors (Lipinski definition) is 16. The molecule has 0 aliphatic carbocycles. The molecule has 0 radical (unpaired) electrons. The molecule has 7 atom stereocenters. The Morgan fingerprint density at radius 2 is 1.76 bits per heavy atom. The van der Waals surface area contributed by atoms with Gasteiger partial charge in [0, 0.05) is 30.3 Å². The second-order valence-corrected chi connectivity index (χ2v) is 10.7. The first kappa shape index (κ1) is 30.7. The van der Waals surface area contributed by atoms with E-state index in [9.17, 15) is 29.3 Å². The Morgan fingerprint density at radius 1 is 1.10 bits per heavy atom. The Hall–Kier alpha value is -2.75. The smallest absolute Gasteiger partial charge is 0.756 e. The van der Waals surface area contributed by atoms with Crippen molar-refractivity contribution < 1.29 is 67.8 Å². The van der Waals surface area contributed by atoms with Crippen LogP contribution in [0.25, 0.3) is 22.3 Å². The number of aromatic amines is 2. The molecule has 1 unspecified atom stereocenters. The quantitative estimate of drug-likeness (QED) is 0.0609. The van der Waals surface area contributed by atoms with Gasteiger partial charge in [-0.15, -0.1) is 0 Å². The van der Waals surface area contributed by atoms with E-state index in [-0.39, 0.29) is 76.6 Å². The molecule has 0 aromatic carbocycles. The van der Waals surface area contributed by atoms with Crippen LogP contribution in [0.3, 0.4) is 0 Å². The van der Waals surface area contributed by atoms with E-state index in [4.69, 9.17) is 30.0 Å². The SMILES string of the molecule is Nc1nc2c(n[c-]n2[C@H]2C[C@@H](OP(=O)([O-])OC[C@H]3O[C@@H](n4cnc5c(=O)[nH]c(N)nc54)C[C@@H]3O)[C@H](CO)O2)c(=O)[nH]1.[Na+]. The van der Waals surface area contributed by atoms with Crippen LogP contribution >= 0.6 is 7.82 Å². The molecule has 2 aliphatic rings. The number of H-pyrrole nitrogens is 2. The van der Waals surface area contributed by atoms with Gasteiger partial charge in [0.1, 0.15) is 24.7 Å². The van der Waals surface area contributed by atoms with Crippen molar-refractivity contribution in [1.29, 1.82) is 0 Å². The number of nitrogens with one attached hydrogen (secondary N) is 2. The number of nitrogen functional groups attached to an aromatic ring is 2. The maximum absolute atomic E-state index is 12.7. The number of hydrogen-bond donors (Lipinski definition) is 6. The molecule has 220 valence electrons. The topological polar surface area (TPSA) is 297 Å². The summed E-state index contributed by atoms with van der Waals surface area (Å²) in [6, 6.07) is 0. The first-order valence-corrected chi connectivity index (χ1v) is 13.6. The van der Waals surface area contributed by atoms with Gasteiger partial charge in [0.05, 0.1) is 31.7 Å². The molecule has 42 heavy (non-hydrogen) atoms. The second-order valence-electron chi connectivity index (χ2n) is 9.35. The third-order valence-electron chi connectivity index (χ3n) is 6.67. The molecule has 8 N–H and O–H groups in total. The number of phosphoric ester groups is 1. The number of nitrogens with two attached hydrogens (primary N) is 2. The number of phosphoric acid groups is 1. The third kappa shape index (κ3) is 5.75. The fourth-order valence-corrected chi connectivity index (χ4v) is 5.72. The molecule has 0 amide bonds. The van der Waals surface area contributed by atoms with Gasteiger partial charge in [0.15, 0.2) is 17.1 Å². The Morgan fingerprint density at radius 3 is 2.48 bits per heavy atom. The maximum atomic E-state index is 12.7. The molecule has 0 bridgehead atoms. The zero-order valence-electron chi connectivity index (χ0n) is 21.8. The number of ether oxygens (including phenoxy) is 2. The van der Waals surface area contributed by atoms with Gasteiger partial charge in [-0.2, -0.15) is 4.98 Å². The number of imidazole rings is 2. The predicted octanol–water partition coefficient (Wildman–Crippen LogP) is -5.98. The minimum atomic E-state index is -5.02. The third-order valence-corrected chi connectivity index (χ3v) is 7.66. The molecule has 2 fully saturated rings. The normalized spacial score (nSPS) is 27.4. The number of nitrogens with zero attached hydrogens (tertiary/aromatic N) is 6. The summed E-state index contributed by atoms with van der Waals surface area (Å²) >= 11 is 0. The van der Waals surface area contributed by atoms with Gasteiger partial charge in [-0.3, -0.25) is 28.7 Å². The number of aliphatic hydroxyl groups excluding tert-OH is 2. The van der Waals surface area contributed by atoms with Gasteiger partial charge in [0.25, 0.3) is 13.4 Å². The molecule has 6 rings (SSSR count). The number of fused-ring (bicyclic) bond motifs is 2. The fourth-order valence-electron chi connectivity index (χ4n) is 4.78. The molecular formula is C20H23N10NaO10P-. The van der Waals surface area contributed by atoms with Crippen molar-refractivity contribution in [2.75, 3.05) is 24.7 Å². The summed E-state index contributed by atoms with van der Waals surface area (Å²) in [7, 11) is -5.02. The summed E-state index contributed by atoms with van der Waals surface area (Å²) in [6.45, 7) is -1.20. The molecule has 6 heterocycles. The number of rotatable bonds is 8. The first-order valence-electron chi connectivity index (χ1n) is 12.1. The molecule has 0 saturated carbocycles.